The lowest BCUT2D eigenvalue weighted by Gasteiger charge is -2.35. The molecule has 0 unspecified atom stereocenters. The third-order valence-corrected chi connectivity index (χ3v) is 3.93. The molecule has 1 saturated heterocycles. The van der Waals surface area contributed by atoms with Gasteiger partial charge in [0.2, 0.25) is 0 Å². The molecule has 2 heterocycles. The predicted octanol–water partition coefficient (Wildman–Crippen LogP) is 2.86. The summed E-state index contributed by atoms with van der Waals surface area (Å²) in [6.07, 6.45) is -3.54. The Morgan fingerprint density at radius 2 is 1.71 bits per heavy atom. The zero-order valence-corrected chi connectivity index (χ0v) is 12.8. The first-order valence-electron chi connectivity index (χ1n) is 7.49. The SMILES string of the molecule is O=C(c1cc[c]cc1)N1CCN(c2ccc(C(F)(F)F)cn2)CC1. The van der Waals surface area contributed by atoms with E-state index < -0.39 is 11.7 Å². The average molecular weight is 334 g/mol. The number of pyridine rings is 1. The van der Waals surface area contributed by atoms with Gasteiger partial charge in [0, 0.05) is 37.9 Å². The van der Waals surface area contributed by atoms with Crippen LogP contribution in [0.5, 0.6) is 0 Å². The van der Waals surface area contributed by atoms with Crippen LogP contribution in [-0.4, -0.2) is 42.0 Å². The number of carbonyl (C=O) groups excluding carboxylic acids is 1. The molecule has 1 aliphatic rings. The van der Waals surface area contributed by atoms with Gasteiger partial charge in [-0.2, -0.15) is 13.2 Å². The Morgan fingerprint density at radius 3 is 2.25 bits per heavy atom. The predicted molar refractivity (Wildman–Crippen MR) is 82.6 cm³/mol. The molecule has 2 aromatic rings. The van der Waals surface area contributed by atoms with Gasteiger partial charge in [-0.25, -0.2) is 4.98 Å². The Balaban J connectivity index is 1.62. The van der Waals surface area contributed by atoms with Crippen LogP contribution < -0.4 is 4.90 Å². The molecule has 4 nitrogen and oxygen atoms in total. The molecule has 1 amide bonds. The molecule has 0 saturated carbocycles. The first kappa shape index (κ1) is 16.3. The van der Waals surface area contributed by atoms with E-state index >= 15 is 0 Å². The number of alkyl halides is 3. The summed E-state index contributed by atoms with van der Waals surface area (Å²) in [6, 6.07) is 12.1. The van der Waals surface area contributed by atoms with Gasteiger partial charge in [-0.15, -0.1) is 0 Å². The summed E-state index contributed by atoms with van der Waals surface area (Å²) in [5, 5.41) is 0. The number of piperazine rings is 1. The summed E-state index contributed by atoms with van der Waals surface area (Å²) >= 11 is 0. The van der Waals surface area contributed by atoms with Crippen molar-refractivity contribution >= 4 is 11.7 Å². The molecule has 0 atom stereocenters. The Hall–Kier alpha value is -2.57. The van der Waals surface area contributed by atoms with Crippen molar-refractivity contribution in [2.45, 2.75) is 6.18 Å². The van der Waals surface area contributed by atoms with Crippen LogP contribution in [0.4, 0.5) is 19.0 Å². The van der Waals surface area contributed by atoms with Crippen LogP contribution in [0.2, 0.25) is 0 Å². The molecule has 1 fully saturated rings. The van der Waals surface area contributed by atoms with Crippen molar-refractivity contribution in [3.63, 3.8) is 0 Å². The van der Waals surface area contributed by atoms with Gasteiger partial charge in [0.15, 0.2) is 0 Å². The highest BCUT2D eigenvalue weighted by Crippen LogP contribution is 2.29. The monoisotopic (exact) mass is 334 g/mol. The van der Waals surface area contributed by atoms with E-state index in [0.717, 1.165) is 12.3 Å². The molecule has 1 aromatic heterocycles. The summed E-state index contributed by atoms with van der Waals surface area (Å²) in [6.45, 7) is 2.06. The molecule has 1 aromatic carbocycles. The average Bonchev–Trinajstić information content (AvgIpc) is 2.61. The minimum atomic E-state index is -4.39. The second kappa shape index (κ2) is 6.51. The van der Waals surface area contributed by atoms with Gasteiger partial charge in [0.1, 0.15) is 5.82 Å². The van der Waals surface area contributed by atoms with Crippen molar-refractivity contribution in [3.8, 4) is 0 Å². The number of aromatic nitrogens is 1. The molecule has 0 spiro atoms. The van der Waals surface area contributed by atoms with Crippen LogP contribution >= 0.6 is 0 Å². The molecule has 24 heavy (non-hydrogen) atoms. The highest BCUT2D eigenvalue weighted by atomic mass is 19.4. The van der Waals surface area contributed by atoms with E-state index in [1.807, 2.05) is 4.90 Å². The number of nitrogens with zero attached hydrogens (tertiary/aromatic N) is 3. The van der Waals surface area contributed by atoms with E-state index in [4.69, 9.17) is 0 Å². The second-order valence-electron chi connectivity index (χ2n) is 5.47. The summed E-state index contributed by atoms with van der Waals surface area (Å²) in [5.41, 5.74) is -0.157. The second-order valence-corrected chi connectivity index (χ2v) is 5.47. The first-order chi connectivity index (χ1) is 11.4. The van der Waals surface area contributed by atoms with Crippen molar-refractivity contribution in [2.24, 2.45) is 0 Å². The molecular weight excluding hydrogens is 319 g/mol. The highest BCUT2D eigenvalue weighted by molar-refractivity contribution is 5.94. The lowest BCUT2D eigenvalue weighted by Crippen LogP contribution is -2.49. The number of rotatable bonds is 2. The van der Waals surface area contributed by atoms with Crippen molar-refractivity contribution in [2.75, 3.05) is 31.1 Å². The van der Waals surface area contributed by atoms with Crippen LogP contribution in [0.3, 0.4) is 0 Å². The first-order valence-corrected chi connectivity index (χ1v) is 7.49. The Bertz CT molecular complexity index is 693. The minimum absolute atomic E-state index is 0.0518. The fourth-order valence-electron chi connectivity index (χ4n) is 2.59. The third-order valence-electron chi connectivity index (χ3n) is 3.93. The molecule has 7 heteroatoms. The van der Waals surface area contributed by atoms with Gasteiger partial charge in [0.25, 0.3) is 5.91 Å². The molecule has 1 radical (unpaired) electrons. The van der Waals surface area contributed by atoms with Gasteiger partial charge < -0.3 is 9.80 Å². The number of amides is 1. The Morgan fingerprint density at radius 1 is 1.04 bits per heavy atom. The summed E-state index contributed by atoms with van der Waals surface area (Å²) in [7, 11) is 0. The fraction of sp³-hybridized carbons (Fsp3) is 0.294. The van der Waals surface area contributed by atoms with E-state index in [1.165, 1.54) is 6.07 Å². The Kier molecular flexibility index (Phi) is 4.42. The number of benzene rings is 1. The quantitative estimate of drug-likeness (QED) is 0.847. The standard InChI is InChI=1S/C17H15F3N3O/c18-17(19,20)14-6-7-15(21-12-14)22-8-10-23(11-9-22)16(24)13-4-2-1-3-5-13/h2-7,12H,8-11H2. The zero-order chi connectivity index (χ0) is 17.2. The van der Waals surface area contributed by atoms with Gasteiger partial charge in [-0.05, 0) is 30.3 Å². The Labute approximate surface area is 137 Å². The molecule has 0 bridgehead atoms. The van der Waals surface area contributed by atoms with Crippen molar-refractivity contribution in [1.29, 1.82) is 0 Å². The van der Waals surface area contributed by atoms with Crippen LogP contribution in [-0.2, 0) is 6.18 Å². The van der Waals surface area contributed by atoms with Crippen molar-refractivity contribution in [3.05, 3.63) is 59.8 Å². The van der Waals surface area contributed by atoms with Gasteiger partial charge in [-0.3, -0.25) is 4.79 Å². The van der Waals surface area contributed by atoms with Gasteiger partial charge in [-0.1, -0.05) is 12.1 Å². The van der Waals surface area contributed by atoms with Gasteiger partial charge >= 0.3 is 6.18 Å². The summed E-state index contributed by atoms with van der Waals surface area (Å²) in [5.74, 6) is 0.438. The molecular formula is C17H15F3N3O. The molecule has 0 aliphatic carbocycles. The number of hydrogen-bond donors (Lipinski definition) is 0. The van der Waals surface area contributed by atoms with Crippen LogP contribution in [0.1, 0.15) is 15.9 Å². The lowest BCUT2D eigenvalue weighted by atomic mass is 10.2. The molecule has 0 N–H and O–H groups in total. The molecule has 125 valence electrons. The highest BCUT2D eigenvalue weighted by Gasteiger charge is 2.31. The molecule has 1 aliphatic heterocycles. The number of anilines is 1. The zero-order valence-electron chi connectivity index (χ0n) is 12.8. The maximum Gasteiger partial charge on any atom is 0.417 e. The number of carbonyl (C=O) groups is 1. The van der Waals surface area contributed by atoms with E-state index in [0.29, 0.717) is 37.6 Å². The number of hydrogen-bond acceptors (Lipinski definition) is 3. The van der Waals surface area contributed by atoms with E-state index in [9.17, 15) is 18.0 Å². The normalized spacial score (nSPS) is 15.5. The maximum atomic E-state index is 12.6. The van der Waals surface area contributed by atoms with Crippen molar-refractivity contribution in [1.82, 2.24) is 9.88 Å². The maximum absolute atomic E-state index is 12.6. The summed E-state index contributed by atoms with van der Waals surface area (Å²) in [4.78, 5) is 19.9. The third kappa shape index (κ3) is 3.50. The smallest absolute Gasteiger partial charge is 0.353 e. The lowest BCUT2D eigenvalue weighted by molar-refractivity contribution is -0.137. The van der Waals surface area contributed by atoms with E-state index in [-0.39, 0.29) is 5.91 Å². The van der Waals surface area contributed by atoms with Crippen molar-refractivity contribution < 1.29 is 18.0 Å². The van der Waals surface area contributed by atoms with Crippen LogP contribution in [0.25, 0.3) is 0 Å². The number of halogens is 3. The topological polar surface area (TPSA) is 36.4 Å². The van der Waals surface area contributed by atoms with Gasteiger partial charge in [0.05, 0.1) is 5.56 Å². The largest absolute Gasteiger partial charge is 0.417 e. The minimum Gasteiger partial charge on any atom is -0.353 e. The summed E-state index contributed by atoms with van der Waals surface area (Å²) < 4.78 is 37.7. The van der Waals surface area contributed by atoms with E-state index in [1.54, 1.807) is 29.2 Å². The van der Waals surface area contributed by atoms with Crippen LogP contribution in [0.15, 0.2) is 42.6 Å². The van der Waals surface area contributed by atoms with Crippen LogP contribution in [0, 0.1) is 6.07 Å². The fourth-order valence-corrected chi connectivity index (χ4v) is 2.59. The van der Waals surface area contributed by atoms with E-state index in [2.05, 4.69) is 11.1 Å². The molecule has 3 rings (SSSR count).